The van der Waals surface area contributed by atoms with E-state index in [1.54, 1.807) is 0 Å². The van der Waals surface area contributed by atoms with Crippen molar-refractivity contribution >= 4 is 44.1 Å². The first-order valence-corrected chi connectivity index (χ1v) is 13.0. The average Bonchev–Trinajstić information content (AvgIpc) is 3.73. The summed E-state index contributed by atoms with van der Waals surface area (Å²) in [5.41, 5.74) is 6.45. The molecule has 7 aromatic rings. The van der Waals surface area contributed by atoms with Gasteiger partial charge in [0.1, 0.15) is 22.6 Å². The van der Waals surface area contributed by atoms with E-state index in [2.05, 4.69) is 9.97 Å². The van der Waals surface area contributed by atoms with Gasteiger partial charge in [-0.3, -0.25) is 0 Å². The van der Waals surface area contributed by atoms with Crippen LogP contribution >= 0.6 is 0 Å². The van der Waals surface area contributed by atoms with Gasteiger partial charge in [0.2, 0.25) is 0 Å². The van der Waals surface area contributed by atoms with Gasteiger partial charge in [0.25, 0.3) is 0 Å². The van der Waals surface area contributed by atoms with Crippen LogP contribution < -0.4 is 0 Å². The number of nitrogens with one attached hydrogen (secondary N) is 2. The Morgan fingerprint density at radius 2 is 0.561 bits per heavy atom. The van der Waals surface area contributed by atoms with E-state index in [1.165, 1.54) is 0 Å². The fourth-order valence-electron chi connectivity index (χ4n) is 5.59. The first-order valence-electron chi connectivity index (χ1n) is 13.0. The van der Waals surface area contributed by atoms with E-state index in [0.29, 0.717) is 45.9 Å². The zero-order chi connectivity index (χ0) is 26.2. The van der Waals surface area contributed by atoms with E-state index in [1.807, 2.05) is 97.1 Å². The van der Waals surface area contributed by atoms with Crippen LogP contribution in [-0.2, 0) is 16.8 Å². The third-order valence-corrected chi connectivity index (χ3v) is 7.46. The van der Waals surface area contributed by atoms with Crippen molar-refractivity contribution in [3.63, 3.8) is 0 Å². The summed E-state index contributed by atoms with van der Waals surface area (Å²) in [6, 6.07) is 32.2. The molecule has 2 aliphatic rings. The number of nitrogens with zero attached hydrogens (tertiary/aromatic N) is 6. The second kappa shape index (κ2) is 8.88. The van der Waals surface area contributed by atoms with E-state index in [0.717, 1.165) is 43.8 Å². The van der Waals surface area contributed by atoms with Crippen LogP contribution in [0.2, 0.25) is 0 Å². The van der Waals surface area contributed by atoms with Gasteiger partial charge in [-0.15, -0.1) is 0 Å². The predicted octanol–water partition coefficient (Wildman–Crippen LogP) is 6.87. The molecule has 4 aromatic carbocycles. The molecule has 0 saturated heterocycles. The summed E-state index contributed by atoms with van der Waals surface area (Å²) in [7, 11) is 0. The maximum atomic E-state index is 5.02. The van der Waals surface area contributed by atoms with Crippen LogP contribution in [0.1, 0.15) is 0 Å². The molecule has 2 N–H and O–H groups in total. The van der Waals surface area contributed by atoms with Crippen LogP contribution in [0.5, 0.6) is 0 Å². The van der Waals surface area contributed by atoms with Crippen molar-refractivity contribution < 1.29 is 16.8 Å². The van der Waals surface area contributed by atoms with Gasteiger partial charge in [-0.25, -0.2) is 29.9 Å². The molecular formula is C32H18CoN8+2. The van der Waals surface area contributed by atoms with Crippen molar-refractivity contribution in [2.24, 2.45) is 0 Å². The number of aromatic amines is 2. The normalized spacial score (nSPS) is 11.7. The fourth-order valence-corrected chi connectivity index (χ4v) is 5.59. The fraction of sp³-hybridized carbons (Fsp3) is 0. The SMILES string of the molecule is [Co+2].c1ccc2c(c1)-c1nc-2nc2[nH]c(nc3nc(nc4[nH]c(n1)c1ccccc41)-c1ccccc1-3)c1ccccc21. The molecule has 2 aliphatic heterocycles. The molecular weight excluding hydrogens is 555 g/mol. The summed E-state index contributed by atoms with van der Waals surface area (Å²) in [4.78, 5) is 36.8. The Morgan fingerprint density at radius 1 is 0.317 bits per heavy atom. The third-order valence-electron chi connectivity index (χ3n) is 7.46. The molecule has 0 unspecified atom stereocenters. The van der Waals surface area contributed by atoms with Crippen LogP contribution in [0, 0.1) is 0 Å². The van der Waals surface area contributed by atoms with Crippen molar-refractivity contribution in [3.05, 3.63) is 97.1 Å². The second-order valence-electron chi connectivity index (χ2n) is 9.79. The molecule has 9 rings (SSSR count). The van der Waals surface area contributed by atoms with Gasteiger partial charge < -0.3 is 9.97 Å². The molecule has 0 spiro atoms. The molecule has 0 aliphatic carbocycles. The third kappa shape index (κ3) is 3.53. The molecule has 0 amide bonds. The first kappa shape index (κ1) is 23.6. The molecule has 0 saturated carbocycles. The van der Waals surface area contributed by atoms with E-state index >= 15 is 0 Å². The minimum absolute atomic E-state index is 0. The van der Waals surface area contributed by atoms with E-state index < -0.39 is 0 Å². The molecule has 0 fully saturated rings. The predicted molar refractivity (Wildman–Crippen MR) is 156 cm³/mol. The van der Waals surface area contributed by atoms with Gasteiger partial charge in [0, 0.05) is 43.8 Å². The van der Waals surface area contributed by atoms with E-state index in [-0.39, 0.29) is 16.8 Å². The smallest absolute Gasteiger partial charge is 0.324 e. The van der Waals surface area contributed by atoms with E-state index in [4.69, 9.17) is 29.9 Å². The van der Waals surface area contributed by atoms with Crippen molar-refractivity contribution in [3.8, 4) is 45.6 Å². The van der Waals surface area contributed by atoms with Crippen LogP contribution in [0.3, 0.4) is 0 Å². The summed E-state index contributed by atoms with van der Waals surface area (Å²) in [5.74, 6) is 2.39. The largest absolute Gasteiger partial charge is 2.00 e. The number of hydrogen-bond donors (Lipinski definition) is 2. The molecule has 5 heterocycles. The Morgan fingerprint density at radius 3 is 0.829 bits per heavy atom. The molecule has 3 aromatic heterocycles. The van der Waals surface area contributed by atoms with Crippen LogP contribution in [0.25, 0.3) is 89.7 Å². The molecule has 8 bridgehead atoms. The van der Waals surface area contributed by atoms with Gasteiger partial charge in [-0.2, -0.15) is 0 Å². The summed E-state index contributed by atoms with van der Waals surface area (Å²) in [6.07, 6.45) is 0. The van der Waals surface area contributed by atoms with Crippen LogP contribution in [-0.4, -0.2) is 39.9 Å². The molecule has 8 nitrogen and oxygen atoms in total. The zero-order valence-corrected chi connectivity index (χ0v) is 22.3. The molecule has 193 valence electrons. The van der Waals surface area contributed by atoms with Gasteiger partial charge >= 0.3 is 16.8 Å². The van der Waals surface area contributed by atoms with Crippen molar-refractivity contribution in [1.29, 1.82) is 0 Å². The standard InChI is InChI=1S/C32H18N8.Co/c1-2-10-18-17(9-1)25-33-26(18)38-28-21-13-5-6-14-22(21)30(35-28)40-32-24-16-8-7-15-23(24)31(36-32)39-29-20-12-4-3-11-19(20)27(34-29)37-25;/h1-16H,(H2,33,34,35,36,37,38,39,40);/q;+2. The molecule has 0 atom stereocenters. The minimum Gasteiger partial charge on any atom is -0.324 e. The number of hydrogen-bond acceptors (Lipinski definition) is 6. The van der Waals surface area contributed by atoms with Crippen LogP contribution in [0.4, 0.5) is 0 Å². The quantitative estimate of drug-likeness (QED) is 0.205. The zero-order valence-electron chi connectivity index (χ0n) is 21.3. The molecule has 41 heavy (non-hydrogen) atoms. The number of aromatic nitrogens is 8. The number of H-pyrrole nitrogens is 2. The second-order valence-corrected chi connectivity index (χ2v) is 9.79. The first-order chi connectivity index (χ1) is 19.8. The van der Waals surface area contributed by atoms with Crippen molar-refractivity contribution in [2.45, 2.75) is 0 Å². The summed E-state index contributed by atoms with van der Waals surface area (Å²) >= 11 is 0. The Labute approximate surface area is 242 Å². The topological polar surface area (TPSA) is 109 Å². The van der Waals surface area contributed by atoms with Crippen molar-refractivity contribution in [1.82, 2.24) is 39.9 Å². The summed E-state index contributed by atoms with van der Waals surface area (Å²) in [5, 5.41) is 3.82. The number of fused-ring (bicyclic) bond motifs is 20. The Kier molecular flexibility index (Phi) is 5.12. The summed E-state index contributed by atoms with van der Waals surface area (Å²) < 4.78 is 0. The summed E-state index contributed by atoms with van der Waals surface area (Å²) in [6.45, 7) is 0. The minimum atomic E-state index is 0. The van der Waals surface area contributed by atoms with Gasteiger partial charge in [0.15, 0.2) is 23.3 Å². The van der Waals surface area contributed by atoms with Gasteiger partial charge in [-0.1, -0.05) is 97.1 Å². The monoisotopic (exact) mass is 573 g/mol. The Bertz CT molecular complexity index is 2030. The van der Waals surface area contributed by atoms with E-state index in [9.17, 15) is 0 Å². The maximum absolute atomic E-state index is 5.02. The average molecular weight is 573 g/mol. The molecule has 9 heteroatoms. The number of rotatable bonds is 0. The van der Waals surface area contributed by atoms with Crippen molar-refractivity contribution in [2.75, 3.05) is 0 Å². The Balaban J connectivity index is 0.00000256. The maximum Gasteiger partial charge on any atom is 2.00 e. The van der Waals surface area contributed by atoms with Gasteiger partial charge in [-0.05, 0) is 0 Å². The van der Waals surface area contributed by atoms with Gasteiger partial charge in [0.05, 0.1) is 0 Å². The Hall–Kier alpha value is -5.25. The number of benzene rings is 4. The van der Waals surface area contributed by atoms with Crippen LogP contribution in [0.15, 0.2) is 97.1 Å². The molecule has 1 radical (unpaired) electrons.